The van der Waals surface area contributed by atoms with Gasteiger partial charge in [0.15, 0.2) is 0 Å². The molecule has 0 saturated carbocycles. The normalized spacial score (nSPS) is 10.1. The zero-order valence-corrected chi connectivity index (χ0v) is 10.8. The molecule has 1 aromatic carbocycles. The van der Waals surface area contributed by atoms with Gasteiger partial charge in [-0.15, -0.1) is 0 Å². The lowest BCUT2D eigenvalue weighted by molar-refractivity contribution is 0.340. The van der Waals surface area contributed by atoms with E-state index in [2.05, 4.69) is 19.1 Å². The highest BCUT2D eigenvalue weighted by Gasteiger charge is 2.01. The highest BCUT2D eigenvalue weighted by atomic mass is 32.1. The van der Waals surface area contributed by atoms with Crippen molar-refractivity contribution >= 4 is 17.2 Å². The minimum absolute atomic E-state index is 0.601. The molecule has 0 saturated heterocycles. The van der Waals surface area contributed by atoms with Gasteiger partial charge in [-0.25, -0.2) is 0 Å². The van der Waals surface area contributed by atoms with Crippen LogP contribution in [0.5, 0.6) is 5.75 Å². The fourth-order valence-corrected chi connectivity index (χ4v) is 1.80. The fraction of sp³-hybridized carbons (Fsp3) is 0.462. The van der Waals surface area contributed by atoms with E-state index in [-0.39, 0.29) is 0 Å². The smallest absolute Gasteiger partial charge is 0.119 e. The minimum Gasteiger partial charge on any atom is -0.494 e. The zero-order chi connectivity index (χ0) is 12.0. The molecule has 2 N–H and O–H groups in total. The Bertz CT molecular complexity index is 363. The van der Waals surface area contributed by atoms with Crippen LogP contribution in [-0.4, -0.2) is 11.6 Å². The van der Waals surface area contributed by atoms with Crippen molar-refractivity contribution in [3.05, 3.63) is 29.3 Å². The molecule has 1 rings (SSSR count). The topological polar surface area (TPSA) is 35.2 Å². The van der Waals surface area contributed by atoms with Gasteiger partial charge in [-0.3, -0.25) is 0 Å². The molecule has 0 bridgehead atoms. The van der Waals surface area contributed by atoms with E-state index in [1.807, 2.05) is 13.0 Å². The summed E-state index contributed by atoms with van der Waals surface area (Å²) in [5.74, 6) is 0.943. The summed E-state index contributed by atoms with van der Waals surface area (Å²) in [4.78, 5) is 0.601. The first kappa shape index (κ1) is 13.0. The van der Waals surface area contributed by atoms with Gasteiger partial charge in [0.2, 0.25) is 0 Å². The Balaban J connectivity index is 2.57. The molecule has 0 spiro atoms. The monoisotopic (exact) mass is 237 g/mol. The van der Waals surface area contributed by atoms with Crippen LogP contribution >= 0.6 is 12.2 Å². The van der Waals surface area contributed by atoms with Crippen LogP contribution in [0.2, 0.25) is 0 Å². The van der Waals surface area contributed by atoms with Crippen LogP contribution in [0.4, 0.5) is 0 Å². The van der Waals surface area contributed by atoms with Crippen LogP contribution < -0.4 is 10.5 Å². The SMILES string of the molecule is CCOc1ccc(CCCC(N)=S)c(C)c1. The van der Waals surface area contributed by atoms with E-state index in [4.69, 9.17) is 22.7 Å². The van der Waals surface area contributed by atoms with Gasteiger partial charge in [-0.1, -0.05) is 18.3 Å². The Morgan fingerprint density at radius 3 is 2.75 bits per heavy atom. The highest BCUT2D eigenvalue weighted by molar-refractivity contribution is 7.80. The van der Waals surface area contributed by atoms with Crippen LogP contribution in [0.1, 0.15) is 30.9 Å². The Kier molecular flexibility index (Phi) is 5.26. The summed E-state index contributed by atoms with van der Waals surface area (Å²) in [5, 5.41) is 0. The summed E-state index contributed by atoms with van der Waals surface area (Å²) in [6.45, 7) is 4.81. The number of benzene rings is 1. The number of ether oxygens (including phenoxy) is 1. The van der Waals surface area contributed by atoms with E-state index in [1.165, 1.54) is 11.1 Å². The van der Waals surface area contributed by atoms with Crippen molar-refractivity contribution in [2.75, 3.05) is 6.61 Å². The summed E-state index contributed by atoms with van der Waals surface area (Å²) in [6.07, 6.45) is 2.86. The Morgan fingerprint density at radius 2 is 2.19 bits per heavy atom. The second-order valence-corrected chi connectivity index (χ2v) is 4.37. The number of hydrogen-bond donors (Lipinski definition) is 1. The lowest BCUT2D eigenvalue weighted by Gasteiger charge is -2.08. The molecular formula is C13H19NOS. The predicted octanol–water partition coefficient (Wildman–Crippen LogP) is 3.00. The van der Waals surface area contributed by atoms with E-state index in [0.29, 0.717) is 11.6 Å². The number of nitrogens with two attached hydrogens (primary N) is 1. The van der Waals surface area contributed by atoms with Crippen molar-refractivity contribution in [1.29, 1.82) is 0 Å². The van der Waals surface area contributed by atoms with E-state index < -0.39 is 0 Å². The minimum atomic E-state index is 0.601. The first-order valence-corrected chi connectivity index (χ1v) is 6.05. The largest absolute Gasteiger partial charge is 0.494 e. The van der Waals surface area contributed by atoms with Crippen molar-refractivity contribution in [3.63, 3.8) is 0 Å². The molecule has 0 unspecified atom stereocenters. The highest BCUT2D eigenvalue weighted by Crippen LogP contribution is 2.18. The molecule has 0 fully saturated rings. The molecule has 2 nitrogen and oxygen atoms in total. The average Bonchev–Trinajstić information content (AvgIpc) is 2.21. The van der Waals surface area contributed by atoms with E-state index in [1.54, 1.807) is 0 Å². The van der Waals surface area contributed by atoms with Crippen molar-refractivity contribution in [2.24, 2.45) is 5.73 Å². The lowest BCUT2D eigenvalue weighted by Crippen LogP contribution is -2.07. The predicted molar refractivity (Wildman–Crippen MR) is 72.1 cm³/mol. The third-order valence-electron chi connectivity index (χ3n) is 2.49. The number of thiocarbonyl (C=S) groups is 1. The Morgan fingerprint density at radius 1 is 1.44 bits per heavy atom. The molecule has 0 amide bonds. The van der Waals surface area contributed by atoms with Gasteiger partial charge < -0.3 is 10.5 Å². The van der Waals surface area contributed by atoms with E-state index >= 15 is 0 Å². The third-order valence-corrected chi connectivity index (χ3v) is 2.70. The van der Waals surface area contributed by atoms with Gasteiger partial charge >= 0.3 is 0 Å². The quantitative estimate of drug-likeness (QED) is 0.772. The standard InChI is InChI=1S/C13H19NOS/c1-3-15-12-8-7-11(10(2)9-12)5-4-6-13(14)16/h7-9H,3-6H2,1-2H3,(H2,14,16). The number of aryl methyl sites for hydroxylation is 2. The van der Waals surface area contributed by atoms with Crippen LogP contribution in [-0.2, 0) is 6.42 Å². The number of hydrogen-bond acceptors (Lipinski definition) is 2. The van der Waals surface area contributed by atoms with Gasteiger partial charge in [-0.2, -0.15) is 0 Å². The molecule has 0 aliphatic rings. The van der Waals surface area contributed by atoms with Gasteiger partial charge in [0.05, 0.1) is 11.6 Å². The third kappa shape index (κ3) is 4.19. The first-order valence-electron chi connectivity index (χ1n) is 5.64. The van der Waals surface area contributed by atoms with Gasteiger partial charge in [0, 0.05) is 0 Å². The van der Waals surface area contributed by atoms with Gasteiger partial charge in [0.25, 0.3) is 0 Å². The maximum atomic E-state index is 5.47. The van der Waals surface area contributed by atoms with E-state index in [9.17, 15) is 0 Å². The molecule has 3 heteroatoms. The second kappa shape index (κ2) is 6.48. The van der Waals surface area contributed by atoms with Gasteiger partial charge in [0.1, 0.15) is 5.75 Å². The molecule has 1 aromatic rings. The fourth-order valence-electron chi connectivity index (χ4n) is 1.66. The molecule has 0 atom stereocenters. The molecular weight excluding hydrogens is 218 g/mol. The summed E-state index contributed by atoms with van der Waals surface area (Å²) < 4.78 is 5.44. The molecule has 0 aliphatic carbocycles. The maximum Gasteiger partial charge on any atom is 0.119 e. The summed E-state index contributed by atoms with van der Waals surface area (Å²) >= 11 is 4.86. The lowest BCUT2D eigenvalue weighted by atomic mass is 10.0. The summed E-state index contributed by atoms with van der Waals surface area (Å²) in [6, 6.07) is 6.23. The molecule has 0 heterocycles. The van der Waals surface area contributed by atoms with Crippen molar-refractivity contribution < 1.29 is 4.74 Å². The van der Waals surface area contributed by atoms with Crippen molar-refractivity contribution in [3.8, 4) is 5.75 Å². The van der Waals surface area contributed by atoms with Crippen LogP contribution in [0.3, 0.4) is 0 Å². The van der Waals surface area contributed by atoms with Crippen LogP contribution in [0.25, 0.3) is 0 Å². The first-order chi connectivity index (χ1) is 7.63. The van der Waals surface area contributed by atoms with E-state index in [0.717, 1.165) is 25.0 Å². The summed E-state index contributed by atoms with van der Waals surface area (Å²) in [7, 11) is 0. The zero-order valence-electron chi connectivity index (χ0n) is 9.95. The van der Waals surface area contributed by atoms with Crippen molar-refractivity contribution in [2.45, 2.75) is 33.1 Å². The molecule has 0 aromatic heterocycles. The van der Waals surface area contributed by atoms with Crippen molar-refractivity contribution in [1.82, 2.24) is 0 Å². The molecule has 88 valence electrons. The number of rotatable bonds is 6. The van der Waals surface area contributed by atoms with Gasteiger partial charge in [-0.05, 0) is 56.4 Å². The Labute approximate surface area is 103 Å². The molecule has 16 heavy (non-hydrogen) atoms. The Hall–Kier alpha value is -1.09. The summed E-state index contributed by atoms with van der Waals surface area (Å²) in [5.41, 5.74) is 8.09. The average molecular weight is 237 g/mol. The maximum absolute atomic E-state index is 5.47. The second-order valence-electron chi connectivity index (χ2n) is 3.84. The molecule has 0 aliphatic heterocycles. The van der Waals surface area contributed by atoms with Crippen LogP contribution in [0.15, 0.2) is 18.2 Å². The molecule has 0 radical (unpaired) electrons. The van der Waals surface area contributed by atoms with Crippen LogP contribution in [0, 0.1) is 6.92 Å².